The summed E-state index contributed by atoms with van der Waals surface area (Å²) in [6, 6.07) is 11.3. The van der Waals surface area contributed by atoms with E-state index in [1.807, 2.05) is 36.7 Å². The molecule has 3 rings (SSSR count). The minimum absolute atomic E-state index is 0.0376. The minimum Gasteiger partial charge on any atom is -0.488 e. The van der Waals surface area contributed by atoms with Crippen LogP contribution in [0.4, 0.5) is 8.78 Å². The van der Waals surface area contributed by atoms with E-state index in [4.69, 9.17) is 9.47 Å². The van der Waals surface area contributed by atoms with E-state index in [2.05, 4.69) is 5.32 Å². The van der Waals surface area contributed by atoms with Crippen LogP contribution in [-0.4, -0.2) is 19.3 Å². The average Bonchev–Trinajstić information content (AvgIpc) is 3.19. The molecule has 0 aliphatic rings. The SMILES string of the molecule is CC(C)Oc1ccc(F)cc1OCCNCc1cc(-c2ccsc2)ccc1F. The monoisotopic (exact) mass is 403 g/mol. The van der Waals surface area contributed by atoms with Gasteiger partial charge in [-0.25, -0.2) is 8.78 Å². The number of nitrogens with one attached hydrogen (secondary N) is 1. The van der Waals surface area contributed by atoms with Crippen LogP contribution in [0.3, 0.4) is 0 Å². The molecule has 28 heavy (non-hydrogen) atoms. The van der Waals surface area contributed by atoms with Gasteiger partial charge in [0.25, 0.3) is 0 Å². The van der Waals surface area contributed by atoms with Crippen molar-refractivity contribution in [3.05, 3.63) is 70.4 Å². The summed E-state index contributed by atoms with van der Waals surface area (Å²) in [6.07, 6.45) is -0.0376. The molecule has 0 bridgehead atoms. The maximum atomic E-state index is 14.1. The van der Waals surface area contributed by atoms with E-state index >= 15 is 0 Å². The molecule has 0 saturated heterocycles. The molecule has 0 unspecified atom stereocenters. The third-order valence-electron chi connectivity index (χ3n) is 4.02. The second-order valence-electron chi connectivity index (χ2n) is 6.60. The molecule has 3 aromatic rings. The first-order valence-electron chi connectivity index (χ1n) is 9.13. The van der Waals surface area contributed by atoms with Crippen molar-refractivity contribution < 1.29 is 18.3 Å². The van der Waals surface area contributed by atoms with E-state index in [1.165, 1.54) is 18.2 Å². The van der Waals surface area contributed by atoms with Gasteiger partial charge >= 0.3 is 0 Å². The predicted octanol–water partition coefficient (Wildman–Crippen LogP) is 5.65. The highest BCUT2D eigenvalue weighted by molar-refractivity contribution is 7.08. The van der Waals surface area contributed by atoms with Crippen molar-refractivity contribution in [2.45, 2.75) is 26.5 Å². The summed E-state index contributed by atoms with van der Waals surface area (Å²) in [5.74, 6) is 0.239. The second-order valence-corrected chi connectivity index (χ2v) is 7.38. The third kappa shape index (κ3) is 5.53. The van der Waals surface area contributed by atoms with Crippen molar-refractivity contribution in [2.24, 2.45) is 0 Å². The number of rotatable bonds is 9. The minimum atomic E-state index is -0.383. The van der Waals surface area contributed by atoms with Crippen molar-refractivity contribution in [1.29, 1.82) is 0 Å². The van der Waals surface area contributed by atoms with Crippen LogP contribution in [0.25, 0.3) is 11.1 Å². The lowest BCUT2D eigenvalue weighted by molar-refractivity contribution is 0.220. The van der Waals surface area contributed by atoms with Gasteiger partial charge in [-0.2, -0.15) is 11.3 Å². The molecule has 0 fully saturated rings. The van der Waals surface area contributed by atoms with E-state index in [1.54, 1.807) is 23.5 Å². The Morgan fingerprint density at radius 3 is 2.61 bits per heavy atom. The van der Waals surface area contributed by atoms with Gasteiger partial charge in [-0.15, -0.1) is 0 Å². The Kier molecular flexibility index (Phi) is 7.01. The van der Waals surface area contributed by atoms with Crippen LogP contribution in [-0.2, 0) is 6.54 Å². The first kappa shape index (κ1) is 20.3. The van der Waals surface area contributed by atoms with Crippen molar-refractivity contribution in [2.75, 3.05) is 13.2 Å². The summed E-state index contributed by atoms with van der Waals surface area (Å²) in [7, 11) is 0. The van der Waals surface area contributed by atoms with Crippen molar-refractivity contribution in [3.63, 3.8) is 0 Å². The van der Waals surface area contributed by atoms with E-state index < -0.39 is 0 Å². The van der Waals surface area contributed by atoms with Gasteiger partial charge in [0.1, 0.15) is 18.2 Å². The first-order valence-corrected chi connectivity index (χ1v) is 10.1. The zero-order valence-corrected chi connectivity index (χ0v) is 16.7. The Balaban J connectivity index is 1.53. The van der Waals surface area contributed by atoms with Gasteiger partial charge < -0.3 is 14.8 Å². The average molecular weight is 403 g/mol. The molecule has 6 heteroatoms. The summed E-state index contributed by atoms with van der Waals surface area (Å²) in [6.45, 7) is 4.97. The maximum absolute atomic E-state index is 14.1. The van der Waals surface area contributed by atoms with Gasteiger partial charge in [0, 0.05) is 24.7 Å². The molecule has 0 atom stereocenters. The fraction of sp³-hybridized carbons (Fsp3) is 0.273. The van der Waals surface area contributed by atoms with Gasteiger partial charge in [0.05, 0.1) is 6.10 Å². The molecule has 3 nitrogen and oxygen atoms in total. The van der Waals surface area contributed by atoms with Crippen molar-refractivity contribution in [3.8, 4) is 22.6 Å². The number of hydrogen-bond donors (Lipinski definition) is 1. The highest BCUT2D eigenvalue weighted by Gasteiger charge is 2.09. The van der Waals surface area contributed by atoms with E-state index in [0.717, 1.165) is 11.1 Å². The lowest BCUT2D eigenvalue weighted by atomic mass is 10.1. The highest BCUT2D eigenvalue weighted by Crippen LogP contribution is 2.29. The molecule has 0 radical (unpaired) electrons. The molecule has 0 amide bonds. The van der Waals surface area contributed by atoms with Crippen LogP contribution in [0.15, 0.2) is 53.2 Å². The Hall–Kier alpha value is -2.44. The summed E-state index contributed by atoms with van der Waals surface area (Å²) in [5, 5.41) is 7.20. The van der Waals surface area contributed by atoms with Crippen molar-refractivity contribution >= 4 is 11.3 Å². The fourth-order valence-corrected chi connectivity index (χ4v) is 3.39. The van der Waals surface area contributed by atoms with E-state index in [0.29, 0.717) is 36.8 Å². The molecule has 1 aromatic heterocycles. The maximum Gasteiger partial charge on any atom is 0.164 e. The Morgan fingerprint density at radius 2 is 1.86 bits per heavy atom. The standard InChI is InChI=1S/C22H23F2NO2S/c1-15(2)27-21-6-4-19(23)12-22(21)26-9-8-25-13-18-11-16(3-5-20(18)24)17-7-10-28-14-17/h3-7,10-12,14-15,25H,8-9,13H2,1-2H3. The van der Waals surface area contributed by atoms with Crippen LogP contribution in [0.5, 0.6) is 11.5 Å². The summed E-state index contributed by atoms with van der Waals surface area (Å²) in [4.78, 5) is 0. The molecule has 2 aromatic carbocycles. The van der Waals surface area contributed by atoms with Crippen molar-refractivity contribution in [1.82, 2.24) is 5.32 Å². The third-order valence-corrected chi connectivity index (χ3v) is 4.70. The Labute approximate surface area is 167 Å². The number of halogens is 2. The molecule has 1 N–H and O–H groups in total. The van der Waals surface area contributed by atoms with Gasteiger partial charge in [-0.3, -0.25) is 0 Å². The number of thiophene rings is 1. The second kappa shape index (κ2) is 9.66. The van der Waals surface area contributed by atoms with Gasteiger partial charge in [-0.05, 0) is 66.1 Å². The molecule has 1 heterocycles. The lowest BCUT2D eigenvalue weighted by Crippen LogP contribution is -2.21. The fourth-order valence-electron chi connectivity index (χ4n) is 2.72. The molecule has 0 aliphatic carbocycles. The van der Waals surface area contributed by atoms with Crippen LogP contribution >= 0.6 is 11.3 Å². The normalized spacial score (nSPS) is 11.0. The number of benzene rings is 2. The van der Waals surface area contributed by atoms with Crippen LogP contribution < -0.4 is 14.8 Å². The number of hydrogen-bond acceptors (Lipinski definition) is 4. The molecule has 0 saturated carbocycles. The largest absolute Gasteiger partial charge is 0.488 e. The Morgan fingerprint density at radius 1 is 1.00 bits per heavy atom. The molecule has 0 spiro atoms. The quantitative estimate of drug-likeness (QED) is 0.469. The van der Waals surface area contributed by atoms with Gasteiger partial charge in [0.2, 0.25) is 0 Å². The molecule has 0 aliphatic heterocycles. The molecular weight excluding hydrogens is 380 g/mol. The van der Waals surface area contributed by atoms with Crippen LogP contribution in [0.1, 0.15) is 19.4 Å². The molecular formula is C22H23F2NO2S. The molecule has 148 valence electrons. The zero-order valence-electron chi connectivity index (χ0n) is 15.9. The van der Waals surface area contributed by atoms with E-state index in [-0.39, 0.29) is 17.7 Å². The first-order chi connectivity index (χ1) is 13.5. The lowest BCUT2D eigenvalue weighted by Gasteiger charge is -2.15. The summed E-state index contributed by atoms with van der Waals surface area (Å²) in [5.41, 5.74) is 2.67. The topological polar surface area (TPSA) is 30.5 Å². The summed E-state index contributed by atoms with van der Waals surface area (Å²) < 4.78 is 38.8. The van der Waals surface area contributed by atoms with Gasteiger partial charge in [0.15, 0.2) is 11.5 Å². The Bertz CT molecular complexity index is 898. The number of ether oxygens (including phenoxy) is 2. The summed E-state index contributed by atoms with van der Waals surface area (Å²) >= 11 is 1.61. The van der Waals surface area contributed by atoms with Crippen LogP contribution in [0, 0.1) is 11.6 Å². The highest BCUT2D eigenvalue weighted by atomic mass is 32.1. The van der Waals surface area contributed by atoms with Gasteiger partial charge in [-0.1, -0.05) is 6.07 Å². The smallest absolute Gasteiger partial charge is 0.164 e. The predicted molar refractivity (Wildman–Crippen MR) is 109 cm³/mol. The van der Waals surface area contributed by atoms with Crippen LogP contribution in [0.2, 0.25) is 0 Å². The zero-order chi connectivity index (χ0) is 19.9. The van der Waals surface area contributed by atoms with E-state index in [9.17, 15) is 8.78 Å².